The molecule has 1 N–H and O–H groups in total. The van der Waals surface area contributed by atoms with Crippen molar-refractivity contribution in [1.82, 2.24) is 5.32 Å². The molecule has 0 atom stereocenters. The van der Waals surface area contributed by atoms with Crippen molar-refractivity contribution in [2.45, 2.75) is 65.0 Å². The van der Waals surface area contributed by atoms with Crippen molar-refractivity contribution < 1.29 is 0 Å². The zero-order chi connectivity index (χ0) is 14.7. The number of hydrogen-bond acceptors (Lipinski definition) is 2. The van der Waals surface area contributed by atoms with Gasteiger partial charge >= 0.3 is 0 Å². The van der Waals surface area contributed by atoms with E-state index in [1.54, 1.807) is 0 Å². The topological polar surface area (TPSA) is 15.3 Å². The largest absolute Gasteiger partial charge is 0.371 e. The lowest BCUT2D eigenvalue weighted by atomic mass is 9.74. The number of benzene rings is 1. The van der Waals surface area contributed by atoms with Gasteiger partial charge in [-0.15, -0.1) is 0 Å². The molecule has 1 aliphatic carbocycles. The van der Waals surface area contributed by atoms with Crippen LogP contribution < -0.4 is 10.2 Å². The number of rotatable bonds is 6. The highest BCUT2D eigenvalue weighted by Gasteiger charge is 2.31. The van der Waals surface area contributed by atoms with Gasteiger partial charge in [0.25, 0.3) is 0 Å². The number of hydrogen-bond donors (Lipinski definition) is 1. The minimum absolute atomic E-state index is 0.609. The fourth-order valence-corrected chi connectivity index (χ4v) is 3.69. The van der Waals surface area contributed by atoms with Gasteiger partial charge in [-0.1, -0.05) is 44.9 Å². The third kappa shape index (κ3) is 3.42. The molecule has 1 heterocycles. The zero-order valence-corrected chi connectivity index (χ0v) is 13.7. The first kappa shape index (κ1) is 14.9. The molecule has 0 unspecified atom stereocenters. The summed E-state index contributed by atoms with van der Waals surface area (Å²) in [4.78, 5) is 2.62. The molecular weight excluding hydrogens is 256 g/mol. The van der Waals surface area contributed by atoms with Gasteiger partial charge in [0.15, 0.2) is 0 Å². The SMILES string of the molecule is CCC1(CC)CCN(c2ccccc2CNC2CC2)CC1. The van der Waals surface area contributed by atoms with Crippen molar-refractivity contribution in [2.24, 2.45) is 5.41 Å². The van der Waals surface area contributed by atoms with Gasteiger partial charge in [-0.25, -0.2) is 0 Å². The highest BCUT2D eigenvalue weighted by Crippen LogP contribution is 2.39. The Bertz CT molecular complexity index is 450. The fourth-order valence-electron chi connectivity index (χ4n) is 3.69. The maximum Gasteiger partial charge on any atom is 0.0411 e. The van der Waals surface area contributed by atoms with E-state index in [4.69, 9.17) is 0 Å². The first-order chi connectivity index (χ1) is 10.3. The lowest BCUT2D eigenvalue weighted by Gasteiger charge is -2.42. The Labute approximate surface area is 129 Å². The minimum atomic E-state index is 0.609. The number of nitrogens with zero attached hydrogens (tertiary/aromatic N) is 1. The summed E-state index contributed by atoms with van der Waals surface area (Å²) in [5.74, 6) is 0. The summed E-state index contributed by atoms with van der Waals surface area (Å²) >= 11 is 0. The molecule has 2 aliphatic rings. The zero-order valence-electron chi connectivity index (χ0n) is 13.7. The summed E-state index contributed by atoms with van der Waals surface area (Å²) in [7, 11) is 0. The van der Waals surface area contributed by atoms with Crippen molar-refractivity contribution in [1.29, 1.82) is 0 Å². The van der Waals surface area contributed by atoms with Crippen molar-refractivity contribution in [3.63, 3.8) is 0 Å². The highest BCUT2D eigenvalue weighted by atomic mass is 15.1. The van der Waals surface area contributed by atoms with Gasteiger partial charge in [0.05, 0.1) is 0 Å². The van der Waals surface area contributed by atoms with Gasteiger partial charge in [0.1, 0.15) is 0 Å². The number of piperidine rings is 1. The van der Waals surface area contributed by atoms with E-state index in [0.717, 1.165) is 12.6 Å². The Morgan fingerprint density at radius 1 is 1.10 bits per heavy atom. The normalized spacial score (nSPS) is 21.5. The van der Waals surface area contributed by atoms with E-state index in [0.29, 0.717) is 5.41 Å². The van der Waals surface area contributed by atoms with E-state index in [2.05, 4.69) is 48.3 Å². The van der Waals surface area contributed by atoms with Gasteiger partial charge in [-0.05, 0) is 42.7 Å². The third-order valence-electron chi connectivity index (χ3n) is 5.81. The fraction of sp³-hybridized carbons (Fsp3) is 0.684. The molecule has 1 saturated carbocycles. The van der Waals surface area contributed by atoms with Crippen LogP contribution in [0.2, 0.25) is 0 Å². The first-order valence-electron chi connectivity index (χ1n) is 8.82. The second-order valence-electron chi connectivity index (χ2n) is 6.98. The molecule has 2 nitrogen and oxygen atoms in total. The summed E-state index contributed by atoms with van der Waals surface area (Å²) in [6, 6.07) is 9.77. The summed E-state index contributed by atoms with van der Waals surface area (Å²) in [5.41, 5.74) is 3.55. The van der Waals surface area contributed by atoms with E-state index in [-0.39, 0.29) is 0 Å². The minimum Gasteiger partial charge on any atom is -0.371 e. The molecule has 0 radical (unpaired) electrons. The maximum atomic E-state index is 3.66. The van der Waals surface area contributed by atoms with Crippen LogP contribution in [0.3, 0.4) is 0 Å². The van der Waals surface area contributed by atoms with Crippen LogP contribution in [0.15, 0.2) is 24.3 Å². The summed E-state index contributed by atoms with van der Waals surface area (Å²) in [6.45, 7) is 8.22. The average molecular weight is 286 g/mol. The number of anilines is 1. The summed E-state index contributed by atoms with van der Waals surface area (Å²) < 4.78 is 0. The molecule has 0 aromatic heterocycles. The molecular formula is C19H30N2. The standard InChI is InChI=1S/C19H30N2/c1-3-19(4-2)11-13-21(14-12-19)18-8-6-5-7-16(18)15-20-17-9-10-17/h5-8,17,20H,3-4,9-15H2,1-2H3. The second-order valence-corrected chi connectivity index (χ2v) is 6.98. The van der Waals surface area contributed by atoms with Crippen LogP contribution in [0.4, 0.5) is 5.69 Å². The Morgan fingerprint density at radius 3 is 2.38 bits per heavy atom. The number of para-hydroxylation sites is 1. The monoisotopic (exact) mass is 286 g/mol. The van der Waals surface area contributed by atoms with Crippen molar-refractivity contribution >= 4 is 5.69 Å². The summed E-state index contributed by atoms with van der Waals surface area (Å²) in [5, 5.41) is 3.66. The predicted molar refractivity (Wildman–Crippen MR) is 90.8 cm³/mol. The molecule has 116 valence electrons. The highest BCUT2D eigenvalue weighted by molar-refractivity contribution is 5.54. The van der Waals surface area contributed by atoms with Gasteiger partial charge in [0.2, 0.25) is 0 Å². The lowest BCUT2D eigenvalue weighted by Crippen LogP contribution is -2.40. The Balaban J connectivity index is 1.66. The third-order valence-corrected chi connectivity index (χ3v) is 5.81. The molecule has 1 aromatic carbocycles. The molecule has 0 bridgehead atoms. The van der Waals surface area contributed by atoms with E-state index < -0.39 is 0 Å². The molecule has 0 spiro atoms. The molecule has 1 aliphatic heterocycles. The molecule has 2 fully saturated rings. The van der Waals surface area contributed by atoms with Crippen LogP contribution in [-0.4, -0.2) is 19.1 Å². The van der Waals surface area contributed by atoms with Crippen LogP contribution in [0.1, 0.15) is 57.9 Å². The average Bonchev–Trinajstić information content (AvgIpc) is 3.38. The van der Waals surface area contributed by atoms with Gasteiger partial charge in [-0.2, -0.15) is 0 Å². The Morgan fingerprint density at radius 2 is 1.76 bits per heavy atom. The number of nitrogens with one attached hydrogen (secondary N) is 1. The van der Waals surface area contributed by atoms with Crippen LogP contribution in [0.25, 0.3) is 0 Å². The van der Waals surface area contributed by atoms with E-state index in [1.807, 2.05) is 0 Å². The molecule has 3 rings (SSSR count). The van der Waals surface area contributed by atoms with Gasteiger partial charge in [0, 0.05) is 31.4 Å². The lowest BCUT2D eigenvalue weighted by molar-refractivity contribution is 0.199. The molecule has 0 amide bonds. The van der Waals surface area contributed by atoms with Crippen LogP contribution in [0, 0.1) is 5.41 Å². The molecule has 2 heteroatoms. The first-order valence-corrected chi connectivity index (χ1v) is 8.82. The van der Waals surface area contributed by atoms with E-state index >= 15 is 0 Å². The van der Waals surface area contributed by atoms with Gasteiger partial charge < -0.3 is 10.2 Å². The summed E-state index contributed by atoms with van der Waals surface area (Å²) in [6.07, 6.45) is 8.10. The Hall–Kier alpha value is -1.02. The quantitative estimate of drug-likeness (QED) is 0.836. The van der Waals surface area contributed by atoms with Crippen LogP contribution >= 0.6 is 0 Å². The van der Waals surface area contributed by atoms with Gasteiger partial charge in [-0.3, -0.25) is 0 Å². The van der Waals surface area contributed by atoms with Crippen LogP contribution in [-0.2, 0) is 6.54 Å². The van der Waals surface area contributed by atoms with Crippen molar-refractivity contribution in [2.75, 3.05) is 18.0 Å². The molecule has 1 aromatic rings. The van der Waals surface area contributed by atoms with Crippen LogP contribution in [0.5, 0.6) is 0 Å². The predicted octanol–water partition coefficient (Wildman–Crippen LogP) is 4.35. The maximum absolute atomic E-state index is 3.66. The molecule has 21 heavy (non-hydrogen) atoms. The Kier molecular flexibility index (Phi) is 4.54. The van der Waals surface area contributed by atoms with E-state index in [1.165, 1.54) is 62.9 Å². The van der Waals surface area contributed by atoms with Crippen molar-refractivity contribution in [3.8, 4) is 0 Å². The second kappa shape index (κ2) is 6.39. The van der Waals surface area contributed by atoms with E-state index in [9.17, 15) is 0 Å². The smallest absolute Gasteiger partial charge is 0.0411 e. The molecule has 1 saturated heterocycles. The van der Waals surface area contributed by atoms with Crippen molar-refractivity contribution in [3.05, 3.63) is 29.8 Å².